The van der Waals surface area contributed by atoms with E-state index in [4.69, 9.17) is 45.6 Å². The predicted octanol–water partition coefficient (Wildman–Crippen LogP) is 8.36. The molecule has 0 spiro atoms. The standard InChI is InChI=1S/C9H7NO2.C8H6BrNO.4F2.FH/c1-6-8-4-7(5-11)2-3-9(8)12-10-6;1-5-7-4-6(9)2-3-8(7)11-10-5;4*1-2;/h2-5H,1H3;2-4H,1H3;;;;;1H. The van der Waals surface area contributed by atoms with E-state index in [0.717, 1.165) is 44.1 Å². The number of hydrogen-bond acceptors (Lipinski definition) is 5. The monoisotopic (exact) mass is 544 g/mol. The Bertz CT molecular complexity index is 1020. The first-order valence-corrected chi connectivity index (χ1v) is 8.27. The van der Waals surface area contributed by atoms with Gasteiger partial charge in [0, 0.05) is 57.4 Å². The van der Waals surface area contributed by atoms with Gasteiger partial charge in [-0.15, -0.1) is 0 Å². The quantitative estimate of drug-likeness (QED) is 0.178. The highest BCUT2D eigenvalue weighted by Gasteiger charge is 2.03. The molecule has 0 atom stereocenters. The Morgan fingerprint density at radius 1 is 0.750 bits per heavy atom. The number of benzene rings is 2. The third-order valence-corrected chi connectivity index (χ3v) is 3.92. The molecule has 0 radical (unpaired) electrons. The summed E-state index contributed by atoms with van der Waals surface area (Å²) in [6.07, 6.45) is 0.811. The van der Waals surface area contributed by atoms with Gasteiger partial charge in [0.2, 0.25) is 0 Å². The summed E-state index contributed by atoms with van der Waals surface area (Å²) in [5, 5.41) is 9.59. The van der Waals surface area contributed by atoms with Gasteiger partial charge in [0.05, 0.1) is 11.4 Å². The highest BCUT2D eigenvalue weighted by atomic mass is 79.9. The van der Waals surface area contributed by atoms with Crippen LogP contribution in [0.5, 0.6) is 0 Å². The molecule has 0 aliphatic heterocycles. The Kier molecular flexibility index (Phi) is 20.8. The fraction of sp³-hybridized carbons (Fsp3) is 0.118. The Balaban J connectivity index is -0.000000393. The summed E-state index contributed by atoms with van der Waals surface area (Å²) in [5.41, 5.74) is 3.95. The molecule has 2 aromatic heterocycles. The van der Waals surface area contributed by atoms with Gasteiger partial charge in [0.1, 0.15) is 6.29 Å². The lowest BCUT2D eigenvalue weighted by atomic mass is 10.1. The number of carbonyl (C=O) groups excluding carboxylic acids is 1. The molecule has 0 amide bonds. The van der Waals surface area contributed by atoms with Crippen LogP contribution in [0.3, 0.4) is 0 Å². The first-order chi connectivity index (χ1) is 15.1. The molecule has 0 N–H and O–H groups in total. The molecule has 180 valence electrons. The average molecular weight is 545 g/mol. The fourth-order valence-electron chi connectivity index (χ4n) is 2.18. The Morgan fingerprint density at radius 3 is 1.59 bits per heavy atom. The minimum Gasteiger partial charge on any atom is -0.356 e. The highest BCUT2D eigenvalue weighted by molar-refractivity contribution is 9.10. The zero-order valence-corrected chi connectivity index (χ0v) is 17.6. The van der Waals surface area contributed by atoms with Gasteiger partial charge in [-0.25, -0.2) is 0 Å². The summed E-state index contributed by atoms with van der Waals surface area (Å²) in [4.78, 5) is 10.4. The highest BCUT2D eigenvalue weighted by Crippen LogP contribution is 2.22. The molecule has 5 nitrogen and oxygen atoms in total. The summed E-state index contributed by atoms with van der Waals surface area (Å²) < 4.78 is 75.1. The van der Waals surface area contributed by atoms with Crippen molar-refractivity contribution in [3.63, 3.8) is 0 Å². The normalized spacial score (nSPS) is 8.34. The van der Waals surface area contributed by atoms with E-state index in [1.165, 1.54) is 0 Å². The van der Waals surface area contributed by atoms with Crippen molar-refractivity contribution in [1.82, 2.24) is 10.3 Å². The van der Waals surface area contributed by atoms with Crippen molar-refractivity contribution in [2.24, 2.45) is 0 Å². The van der Waals surface area contributed by atoms with Crippen LogP contribution in [-0.4, -0.2) is 16.6 Å². The van der Waals surface area contributed by atoms with Crippen LogP contribution in [0, 0.1) is 13.8 Å². The van der Waals surface area contributed by atoms with Gasteiger partial charge in [-0.3, -0.25) is 9.50 Å². The summed E-state index contributed by atoms with van der Waals surface area (Å²) in [6.45, 7) is 3.78. The predicted molar refractivity (Wildman–Crippen MR) is 102 cm³/mol. The van der Waals surface area contributed by atoms with E-state index in [2.05, 4.69) is 26.2 Å². The minimum atomic E-state index is 0. The molecule has 0 bridgehead atoms. The number of halogens is 10. The maximum absolute atomic E-state index is 10.4. The molecule has 0 saturated carbocycles. The molecule has 0 aliphatic carbocycles. The first kappa shape index (κ1) is 33.5. The van der Waals surface area contributed by atoms with E-state index in [-0.39, 0.29) is 4.70 Å². The van der Waals surface area contributed by atoms with Crippen molar-refractivity contribution in [2.75, 3.05) is 0 Å². The molecule has 4 rings (SSSR count). The molecule has 0 fully saturated rings. The lowest BCUT2D eigenvalue weighted by Crippen LogP contribution is -1.78. The first-order valence-electron chi connectivity index (χ1n) is 7.48. The number of aromatic nitrogens is 2. The lowest BCUT2D eigenvalue weighted by Gasteiger charge is -1.88. The molecule has 0 unspecified atom stereocenters. The molecular weight excluding hydrogens is 531 g/mol. The molecule has 2 heterocycles. The number of hydrogen-bond donors (Lipinski definition) is 0. The number of aldehydes is 1. The second-order valence-corrected chi connectivity index (χ2v) is 5.97. The van der Waals surface area contributed by atoms with Gasteiger partial charge in [-0.1, -0.05) is 26.2 Å². The van der Waals surface area contributed by atoms with Crippen molar-refractivity contribution in [1.29, 1.82) is 0 Å². The minimum absolute atomic E-state index is 0. The summed E-state index contributed by atoms with van der Waals surface area (Å²) in [5.74, 6) is 0. The number of aryl methyl sites for hydroxylation is 2. The molecule has 0 saturated heterocycles. The SMILES string of the molecule is Cc1noc2ccc(Br)cc12.Cc1noc2ccc(C=O)cc12.F.FF.FF.FF.FF. The molecular formula is C17H14BrF9N2O3. The van der Waals surface area contributed by atoms with Crippen LogP contribution in [0.1, 0.15) is 21.7 Å². The van der Waals surface area contributed by atoms with Gasteiger partial charge in [0.15, 0.2) is 11.2 Å². The molecule has 0 aliphatic rings. The van der Waals surface area contributed by atoms with Gasteiger partial charge >= 0.3 is 0 Å². The van der Waals surface area contributed by atoms with Crippen LogP contribution in [-0.2, 0) is 0 Å². The number of fused-ring (bicyclic) bond motifs is 2. The largest absolute Gasteiger partial charge is 0.356 e. The van der Waals surface area contributed by atoms with Gasteiger partial charge in [-0.05, 0) is 50.2 Å². The topological polar surface area (TPSA) is 69.1 Å². The Hall–Kier alpha value is -3.10. The zero-order valence-electron chi connectivity index (χ0n) is 16.0. The van der Waals surface area contributed by atoms with Crippen molar-refractivity contribution < 1.29 is 55.1 Å². The summed E-state index contributed by atoms with van der Waals surface area (Å²) >= 11 is 3.38. The second kappa shape index (κ2) is 19.8. The van der Waals surface area contributed by atoms with Crippen molar-refractivity contribution >= 4 is 44.2 Å². The van der Waals surface area contributed by atoms with E-state index in [0.29, 0.717) is 5.56 Å². The van der Waals surface area contributed by atoms with Crippen LogP contribution in [0.15, 0.2) is 49.9 Å². The Labute approximate surface area is 181 Å². The third-order valence-electron chi connectivity index (χ3n) is 3.42. The number of carbonyl (C=O) groups is 1. The zero-order chi connectivity index (χ0) is 24.4. The maximum Gasteiger partial charge on any atom is 0.167 e. The second-order valence-electron chi connectivity index (χ2n) is 5.05. The summed E-state index contributed by atoms with van der Waals surface area (Å²) in [7, 11) is 0. The number of nitrogens with zero attached hydrogens (tertiary/aromatic N) is 2. The third kappa shape index (κ3) is 9.80. The lowest BCUT2D eigenvalue weighted by molar-refractivity contribution is 0.108. The van der Waals surface area contributed by atoms with E-state index >= 15 is 0 Å². The number of rotatable bonds is 1. The van der Waals surface area contributed by atoms with E-state index in [9.17, 15) is 4.79 Å². The average Bonchev–Trinajstić information content (AvgIpc) is 3.41. The molecule has 2 aromatic carbocycles. The van der Waals surface area contributed by atoms with Crippen LogP contribution in [0.25, 0.3) is 21.9 Å². The van der Waals surface area contributed by atoms with E-state index in [1.54, 1.807) is 18.2 Å². The van der Waals surface area contributed by atoms with E-state index in [1.807, 2.05) is 32.0 Å². The van der Waals surface area contributed by atoms with Gasteiger partial charge in [0.25, 0.3) is 0 Å². The van der Waals surface area contributed by atoms with Crippen molar-refractivity contribution in [3.05, 3.63) is 57.8 Å². The fourth-order valence-corrected chi connectivity index (χ4v) is 2.54. The summed E-state index contributed by atoms with van der Waals surface area (Å²) in [6, 6.07) is 11.1. The smallest absolute Gasteiger partial charge is 0.167 e. The van der Waals surface area contributed by atoms with Crippen LogP contribution >= 0.6 is 15.9 Å². The van der Waals surface area contributed by atoms with E-state index < -0.39 is 0 Å². The van der Waals surface area contributed by atoms with Crippen molar-refractivity contribution in [3.8, 4) is 0 Å². The van der Waals surface area contributed by atoms with Gasteiger partial charge in [-0.2, -0.15) is 0 Å². The maximum atomic E-state index is 10.4. The Morgan fingerprint density at radius 2 is 1.16 bits per heavy atom. The van der Waals surface area contributed by atoms with Crippen molar-refractivity contribution in [2.45, 2.75) is 13.8 Å². The molecule has 15 heteroatoms. The molecule has 4 aromatic rings. The van der Waals surface area contributed by atoms with Crippen LogP contribution in [0.2, 0.25) is 0 Å². The molecule has 32 heavy (non-hydrogen) atoms. The van der Waals surface area contributed by atoms with Crippen LogP contribution in [0.4, 0.5) is 41.3 Å². The van der Waals surface area contributed by atoms with Gasteiger partial charge < -0.3 is 9.05 Å². The van der Waals surface area contributed by atoms with Crippen LogP contribution < -0.4 is 0 Å².